The van der Waals surface area contributed by atoms with E-state index in [0.29, 0.717) is 19.4 Å². The van der Waals surface area contributed by atoms with Gasteiger partial charge in [-0.05, 0) is 29.5 Å². The molecule has 0 bridgehead atoms. The average Bonchev–Trinajstić information content (AvgIpc) is 2.60. The van der Waals surface area contributed by atoms with Gasteiger partial charge in [0.1, 0.15) is 0 Å². The van der Waals surface area contributed by atoms with Crippen molar-refractivity contribution in [3.63, 3.8) is 0 Å². The molecule has 0 N–H and O–H groups in total. The van der Waals surface area contributed by atoms with Gasteiger partial charge in [0.05, 0.1) is 6.61 Å². The molecule has 0 spiro atoms. The molecule has 0 aromatic heterocycles. The quantitative estimate of drug-likeness (QED) is 0.373. The van der Waals surface area contributed by atoms with Crippen molar-refractivity contribution in [1.82, 2.24) is 0 Å². The van der Waals surface area contributed by atoms with E-state index in [1.165, 1.54) is 0 Å². The third-order valence-corrected chi connectivity index (χ3v) is 3.64. The molecule has 2 aromatic rings. The van der Waals surface area contributed by atoms with Gasteiger partial charge in [0.2, 0.25) is 0 Å². The van der Waals surface area contributed by atoms with Crippen molar-refractivity contribution < 1.29 is 9.53 Å². The lowest BCUT2D eigenvalue weighted by Crippen LogP contribution is -2.05. The third-order valence-electron chi connectivity index (χ3n) is 3.64. The average molecular weight is 308 g/mol. The SMILES string of the molecule is CCCCOC(=O)CC/C(=C/c1ccccc1)c1ccccc1. The maximum Gasteiger partial charge on any atom is 0.306 e. The molecule has 23 heavy (non-hydrogen) atoms. The summed E-state index contributed by atoms with van der Waals surface area (Å²) < 4.78 is 5.25. The van der Waals surface area contributed by atoms with Crippen molar-refractivity contribution in [2.75, 3.05) is 6.61 Å². The molecule has 0 heterocycles. The highest BCUT2D eigenvalue weighted by molar-refractivity contribution is 5.83. The molecule has 0 atom stereocenters. The van der Waals surface area contributed by atoms with Gasteiger partial charge in [-0.1, -0.05) is 80.1 Å². The van der Waals surface area contributed by atoms with Crippen LogP contribution in [0.15, 0.2) is 60.7 Å². The van der Waals surface area contributed by atoms with Crippen LogP contribution in [0.3, 0.4) is 0 Å². The molecule has 120 valence electrons. The molecule has 2 heteroatoms. The Labute approximate surface area is 138 Å². The van der Waals surface area contributed by atoms with Crippen LogP contribution in [0.5, 0.6) is 0 Å². The number of carbonyl (C=O) groups is 1. The van der Waals surface area contributed by atoms with E-state index in [-0.39, 0.29) is 5.97 Å². The number of allylic oxidation sites excluding steroid dienone is 1. The summed E-state index contributed by atoms with van der Waals surface area (Å²) in [6, 6.07) is 20.4. The second kappa shape index (κ2) is 9.62. The smallest absolute Gasteiger partial charge is 0.306 e. The topological polar surface area (TPSA) is 26.3 Å². The van der Waals surface area contributed by atoms with E-state index in [1.54, 1.807) is 0 Å². The highest BCUT2D eigenvalue weighted by Crippen LogP contribution is 2.23. The number of unbranched alkanes of at least 4 members (excludes halogenated alkanes) is 1. The van der Waals surface area contributed by atoms with E-state index < -0.39 is 0 Å². The maximum absolute atomic E-state index is 11.9. The second-order valence-corrected chi connectivity index (χ2v) is 5.52. The Morgan fingerprint density at radius 2 is 1.61 bits per heavy atom. The molecule has 0 saturated carbocycles. The molecule has 0 amide bonds. The molecule has 0 aliphatic heterocycles. The summed E-state index contributed by atoms with van der Waals surface area (Å²) in [6.07, 6.45) is 5.21. The summed E-state index contributed by atoms with van der Waals surface area (Å²) in [5.41, 5.74) is 3.45. The number of esters is 1. The molecular formula is C21H24O2. The van der Waals surface area contributed by atoms with Crippen LogP contribution >= 0.6 is 0 Å². The van der Waals surface area contributed by atoms with Crippen LogP contribution in [0.1, 0.15) is 43.7 Å². The van der Waals surface area contributed by atoms with Gasteiger partial charge in [0.25, 0.3) is 0 Å². The van der Waals surface area contributed by atoms with E-state index in [4.69, 9.17) is 4.74 Å². The Kier molecular flexibility index (Phi) is 7.12. The van der Waals surface area contributed by atoms with Crippen molar-refractivity contribution in [2.45, 2.75) is 32.6 Å². The zero-order valence-electron chi connectivity index (χ0n) is 13.7. The van der Waals surface area contributed by atoms with Crippen LogP contribution in [0.2, 0.25) is 0 Å². The second-order valence-electron chi connectivity index (χ2n) is 5.52. The maximum atomic E-state index is 11.9. The first-order valence-corrected chi connectivity index (χ1v) is 8.26. The summed E-state index contributed by atoms with van der Waals surface area (Å²) in [4.78, 5) is 11.9. The number of hydrogen-bond donors (Lipinski definition) is 0. The number of benzene rings is 2. The van der Waals surface area contributed by atoms with E-state index in [2.05, 4.69) is 37.3 Å². The fourth-order valence-corrected chi connectivity index (χ4v) is 2.34. The molecule has 0 radical (unpaired) electrons. The largest absolute Gasteiger partial charge is 0.466 e. The van der Waals surface area contributed by atoms with E-state index in [0.717, 1.165) is 29.5 Å². The molecule has 2 rings (SSSR count). The molecule has 0 aliphatic carbocycles. The van der Waals surface area contributed by atoms with Gasteiger partial charge in [-0.2, -0.15) is 0 Å². The highest BCUT2D eigenvalue weighted by Gasteiger charge is 2.07. The molecule has 0 unspecified atom stereocenters. The Bertz CT molecular complexity index is 615. The van der Waals surface area contributed by atoms with Crippen molar-refractivity contribution in [1.29, 1.82) is 0 Å². The van der Waals surface area contributed by atoms with Crippen molar-refractivity contribution in [2.24, 2.45) is 0 Å². The Balaban J connectivity index is 2.06. The number of ether oxygens (including phenoxy) is 1. The lowest BCUT2D eigenvalue weighted by atomic mass is 9.98. The summed E-state index contributed by atoms with van der Waals surface area (Å²) >= 11 is 0. The van der Waals surface area contributed by atoms with E-state index in [9.17, 15) is 4.79 Å². The molecule has 2 nitrogen and oxygen atoms in total. The number of carbonyl (C=O) groups excluding carboxylic acids is 1. The first kappa shape index (κ1) is 17.0. The molecule has 0 saturated heterocycles. The van der Waals surface area contributed by atoms with Gasteiger partial charge < -0.3 is 4.74 Å². The van der Waals surface area contributed by atoms with Crippen LogP contribution in [0.4, 0.5) is 0 Å². The van der Waals surface area contributed by atoms with Crippen LogP contribution < -0.4 is 0 Å². The van der Waals surface area contributed by atoms with E-state index >= 15 is 0 Å². The van der Waals surface area contributed by atoms with Gasteiger partial charge in [-0.3, -0.25) is 4.79 Å². The van der Waals surface area contributed by atoms with Crippen molar-refractivity contribution in [3.05, 3.63) is 71.8 Å². The normalized spacial score (nSPS) is 11.3. The standard InChI is InChI=1S/C21H24O2/c1-2-3-16-23-21(22)15-14-20(19-12-8-5-9-13-19)17-18-10-6-4-7-11-18/h4-13,17H,2-3,14-16H2,1H3/b20-17-. The van der Waals surface area contributed by atoms with Gasteiger partial charge in [-0.25, -0.2) is 0 Å². The zero-order valence-corrected chi connectivity index (χ0v) is 13.7. The third kappa shape index (κ3) is 6.11. The molecule has 0 aliphatic rings. The van der Waals surface area contributed by atoms with Crippen LogP contribution in [0, 0.1) is 0 Å². The first-order valence-electron chi connectivity index (χ1n) is 8.26. The number of rotatable bonds is 8. The minimum absolute atomic E-state index is 0.117. The predicted molar refractivity (Wildman–Crippen MR) is 95.9 cm³/mol. The zero-order chi connectivity index (χ0) is 16.3. The molecule has 0 fully saturated rings. The molecule has 2 aromatic carbocycles. The molecular weight excluding hydrogens is 284 g/mol. The first-order chi connectivity index (χ1) is 11.3. The van der Waals surface area contributed by atoms with Gasteiger partial charge in [-0.15, -0.1) is 0 Å². The fourth-order valence-electron chi connectivity index (χ4n) is 2.34. The van der Waals surface area contributed by atoms with Crippen LogP contribution in [0.25, 0.3) is 11.6 Å². The minimum atomic E-state index is -0.117. The summed E-state index contributed by atoms with van der Waals surface area (Å²) in [6.45, 7) is 2.61. The van der Waals surface area contributed by atoms with Gasteiger partial charge >= 0.3 is 5.97 Å². The van der Waals surface area contributed by atoms with Gasteiger partial charge in [0, 0.05) is 6.42 Å². The van der Waals surface area contributed by atoms with Gasteiger partial charge in [0.15, 0.2) is 0 Å². The lowest BCUT2D eigenvalue weighted by molar-refractivity contribution is -0.143. The Morgan fingerprint density at radius 1 is 0.957 bits per heavy atom. The summed E-state index contributed by atoms with van der Waals surface area (Å²) in [5.74, 6) is -0.117. The van der Waals surface area contributed by atoms with Crippen LogP contribution in [-0.2, 0) is 9.53 Å². The number of hydrogen-bond acceptors (Lipinski definition) is 2. The van der Waals surface area contributed by atoms with Crippen molar-refractivity contribution >= 4 is 17.6 Å². The Hall–Kier alpha value is -2.35. The predicted octanol–water partition coefficient (Wildman–Crippen LogP) is 5.35. The van der Waals surface area contributed by atoms with Crippen molar-refractivity contribution in [3.8, 4) is 0 Å². The van der Waals surface area contributed by atoms with E-state index in [1.807, 2.05) is 36.4 Å². The summed E-state index contributed by atoms with van der Waals surface area (Å²) in [5, 5.41) is 0. The summed E-state index contributed by atoms with van der Waals surface area (Å²) in [7, 11) is 0. The minimum Gasteiger partial charge on any atom is -0.466 e. The lowest BCUT2D eigenvalue weighted by Gasteiger charge is -2.09. The fraction of sp³-hybridized carbons (Fsp3) is 0.286. The Morgan fingerprint density at radius 3 is 2.26 bits per heavy atom. The highest BCUT2D eigenvalue weighted by atomic mass is 16.5. The monoisotopic (exact) mass is 308 g/mol. The van der Waals surface area contributed by atoms with Crippen LogP contribution in [-0.4, -0.2) is 12.6 Å².